The zero-order chi connectivity index (χ0) is 22.9. The van der Waals surface area contributed by atoms with E-state index >= 15 is 0 Å². The Labute approximate surface area is 176 Å². The number of halogens is 2. The molecule has 3 rings (SSSR count). The van der Waals surface area contributed by atoms with Crippen molar-refractivity contribution in [2.24, 2.45) is 11.1 Å². The molecule has 0 fully saturated rings. The van der Waals surface area contributed by atoms with E-state index in [9.17, 15) is 18.4 Å². The third-order valence-corrected chi connectivity index (χ3v) is 4.68. The Kier molecular flexibility index (Phi) is 5.79. The average Bonchev–Trinajstić information content (AvgIpc) is 3.10. The lowest BCUT2D eigenvalue weighted by Crippen LogP contribution is -2.35. The number of nitrogens with one attached hydrogen (secondary N) is 1. The SMILES string of the molecule is CC(C)(C)C(NC(=O)O)c1ccc(-c2oc(-c3c(F)cccc3F)nc2C(N)=O)cc1. The van der Waals surface area contributed by atoms with Gasteiger partial charge in [0.05, 0.1) is 6.04 Å². The van der Waals surface area contributed by atoms with Crippen molar-refractivity contribution in [2.45, 2.75) is 26.8 Å². The Balaban J connectivity index is 2.06. The maximum atomic E-state index is 14.1. The highest BCUT2D eigenvalue weighted by atomic mass is 19.1. The van der Waals surface area contributed by atoms with Crippen LogP contribution in [0.1, 0.15) is 42.9 Å². The summed E-state index contributed by atoms with van der Waals surface area (Å²) >= 11 is 0. The number of carbonyl (C=O) groups is 2. The van der Waals surface area contributed by atoms with E-state index in [0.29, 0.717) is 11.1 Å². The van der Waals surface area contributed by atoms with Gasteiger partial charge in [-0.3, -0.25) is 4.79 Å². The number of benzene rings is 2. The van der Waals surface area contributed by atoms with Crippen molar-refractivity contribution in [2.75, 3.05) is 0 Å². The number of carboxylic acid groups (broad SMARTS) is 1. The maximum absolute atomic E-state index is 14.1. The first-order valence-electron chi connectivity index (χ1n) is 9.34. The highest BCUT2D eigenvalue weighted by Gasteiger charge is 2.29. The maximum Gasteiger partial charge on any atom is 0.405 e. The number of hydrogen-bond donors (Lipinski definition) is 3. The second kappa shape index (κ2) is 8.17. The molecule has 0 bridgehead atoms. The molecule has 2 amide bonds. The van der Waals surface area contributed by atoms with Gasteiger partial charge >= 0.3 is 6.09 Å². The highest BCUT2D eigenvalue weighted by molar-refractivity contribution is 5.97. The Morgan fingerprint density at radius 3 is 2.16 bits per heavy atom. The monoisotopic (exact) mass is 429 g/mol. The molecule has 0 aliphatic rings. The van der Waals surface area contributed by atoms with Gasteiger partial charge in [0.15, 0.2) is 11.5 Å². The van der Waals surface area contributed by atoms with E-state index in [1.807, 2.05) is 20.8 Å². The van der Waals surface area contributed by atoms with Gasteiger partial charge in [0, 0.05) is 5.56 Å². The molecule has 0 aliphatic heterocycles. The summed E-state index contributed by atoms with van der Waals surface area (Å²) in [5.41, 5.74) is 5.25. The number of nitrogens with zero attached hydrogens (tertiary/aromatic N) is 1. The van der Waals surface area contributed by atoms with Gasteiger partial charge in [-0.1, -0.05) is 51.1 Å². The van der Waals surface area contributed by atoms with Crippen molar-refractivity contribution in [3.8, 4) is 22.8 Å². The quantitative estimate of drug-likeness (QED) is 0.541. The Morgan fingerprint density at radius 2 is 1.68 bits per heavy atom. The van der Waals surface area contributed by atoms with Gasteiger partial charge in [0.2, 0.25) is 5.89 Å². The molecule has 1 atom stereocenters. The molecule has 162 valence electrons. The summed E-state index contributed by atoms with van der Waals surface area (Å²) in [4.78, 5) is 27.0. The standard InChI is InChI=1S/C22H21F2N3O4/c1-22(2,3)18(27-21(29)30)12-9-7-11(8-10-12)17-16(19(25)28)26-20(31-17)15-13(23)5-4-6-14(15)24/h4-10,18,27H,1-3H3,(H2,25,28)(H,29,30). The Morgan fingerprint density at radius 1 is 1.10 bits per heavy atom. The number of hydrogen-bond acceptors (Lipinski definition) is 4. The molecule has 3 aromatic rings. The minimum absolute atomic E-state index is 0.0461. The lowest BCUT2D eigenvalue weighted by molar-refractivity contribution is 0.0996. The van der Waals surface area contributed by atoms with Crippen LogP contribution in [-0.2, 0) is 0 Å². The molecule has 7 nitrogen and oxygen atoms in total. The van der Waals surface area contributed by atoms with Crippen LogP contribution in [0.15, 0.2) is 46.9 Å². The third kappa shape index (κ3) is 4.55. The van der Waals surface area contributed by atoms with Gasteiger partial charge in [-0.05, 0) is 23.1 Å². The van der Waals surface area contributed by atoms with Crippen LogP contribution >= 0.6 is 0 Å². The summed E-state index contributed by atoms with van der Waals surface area (Å²) in [7, 11) is 0. The number of amides is 2. The molecule has 0 aliphatic carbocycles. The van der Waals surface area contributed by atoms with E-state index in [1.165, 1.54) is 6.07 Å². The summed E-state index contributed by atoms with van der Waals surface area (Å²) in [5, 5.41) is 11.6. The molecule has 1 unspecified atom stereocenters. The second-order valence-electron chi connectivity index (χ2n) is 8.03. The molecule has 2 aromatic carbocycles. The summed E-state index contributed by atoms with van der Waals surface area (Å²) in [6, 6.07) is 9.29. The van der Waals surface area contributed by atoms with Crippen molar-refractivity contribution in [3.63, 3.8) is 0 Å². The van der Waals surface area contributed by atoms with Crippen LogP contribution in [-0.4, -0.2) is 22.1 Å². The number of aromatic nitrogens is 1. The molecule has 9 heteroatoms. The summed E-state index contributed by atoms with van der Waals surface area (Å²) < 4.78 is 33.8. The average molecular weight is 429 g/mol. The topological polar surface area (TPSA) is 118 Å². The molecule has 0 spiro atoms. The number of carbonyl (C=O) groups excluding carboxylic acids is 1. The van der Waals surface area contributed by atoms with Crippen LogP contribution in [0.4, 0.5) is 13.6 Å². The normalized spacial score (nSPS) is 12.4. The third-order valence-electron chi connectivity index (χ3n) is 4.68. The predicted molar refractivity (Wildman–Crippen MR) is 109 cm³/mol. The van der Waals surface area contributed by atoms with Gasteiger partial charge in [-0.15, -0.1) is 0 Å². The van der Waals surface area contributed by atoms with Crippen molar-refractivity contribution in [3.05, 3.63) is 65.4 Å². The first-order valence-corrected chi connectivity index (χ1v) is 9.34. The van der Waals surface area contributed by atoms with E-state index < -0.39 is 46.5 Å². The molecule has 4 N–H and O–H groups in total. The minimum Gasteiger partial charge on any atom is -0.465 e. The van der Waals surface area contributed by atoms with Gasteiger partial charge in [0.25, 0.3) is 5.91 Å². The predicted octanol–water partition coefficient (Wildman–Crippen LogP) is 4.74. The molecule has 0 saturated heterocycles. The van der Waals surface area contributed by atoms with Crippen molar-refractivity contribution < 1.29 is 27.9 Å². The Hall–Kier alpha value is -3.75. The summed E-state index contributed by atoms with van der Waals surface area (Å²) in [6.07, 6.45) is -1.16. The minimum atomic E-state index is -1.16. The first-order chi connectivity index (χ1) is 14.5. The van der Waals surface area contributed by atoms with Crippen molar-refractivity contribution in [1.82, 2.24) is 10.3 Å². The molecule has 31 heavy (non-hydrogen) atoms. The van der Waals surface area contributed by atoms with Crippen LogP contribution < -0.4 is 11.1 Å². The summed E-state index contributed by atoms with van der Waals surface area (Å²) in [5.74, 6) is -3.18. The van der Waals surface area contributed by atoms with Crippen LogP contribution in [0.2, 0.25) is 0 Å². The van der Waals surface area contributed by atoms with Crippen LogP contribution in [0.25, 0.3) is 22.8 Å². The zero-order valence-corrected chi connectivity index (χ0v) is 17.1. The molecular formula is C22H21F2N3O4. The van der Waals surface area contributed by atoms with Gasteiger partial charge in [-0.25, -0.2) is 18.6 Å². The van der Waals surface area contributed by atoms with Crippen molar-refractivity contribution in [1.29, 1.82) is 0 Å². The number of oxazole rings is 1. The van der Waals surface area contributed by atoms with Crippen LogP contribution in [0.5, 0.6) is 0 Å². The molecular weight excluding hydrogens is 408 g/mol. The number of nitrogens with two attached hydrogens (primary N) is 1. The van der Waals surface area contributed by atoms with Crippen LogP contribution in [0.3, 0.4) is 0 Å². The van der Waals surface area contributed by atoms with Gasteiger partial charge in [-0.2, -0.15) is 0 Å². The first kappa shape index (κ1) is 21.9. The fourth-order valence-electron chi connectivity index (χ4n) is 3.24. The highest BCUT2D eigenvalue weighted by Crippen LogP contribution is 2.36. The molecule has 1 heterocycles. The van der Waals surface area contributed by atoms with E-state index in [1.54, 1.807) is 24.3 Å². The lowest BCUT2D eigenvalue weighted by Gasteiger charge is -2.31. The lowest BCUT2D eigenvalue weighted by atomic mass is 9.82. The van der Waals surface area contributed by atoms with Crippen LogP contribution in [0, 0.1) is 17.0 Å². The number of primary amides is 1. The number of rotatable bonds is 5. The van der Waals surface area contributed by atoms with Crippen molar-refractivity contribution >= 4 is 12.0 Å². The second-order valence-corrected chi connectivity index (χ2v) is 8.03. The summed E-state index contributed by atoms with van der Waals surface area (Å²) in [6.45, 7) is 5.66. The molecule has 1 aromatic heterocycles. The van der Waals surface area contributed by atoms with E-state index in [4.69, 9.17) is 15.3 Å². The molecule has 0 radical (unpaired) electrons. The Bertz CT molecular complexity index is 1110. The van der Waals surface area contributed by atoms with E-state index in [-0.39, 0.29) is 11.5 Å². The van der Waals surface area contributed by atoms with E-state index in [0.717, 1.165) is 12.1 Å². The largest absolute Gasteiger partial charge is 0.465 e. The smallest absolute Gasteiger partial charge is 0.405 e. The van der Waals surface area contributed by atoms with E-state index in [2.05, 4.69) is 10.3 Å². The molecule has 0 saturated carbocycles. The fraction of sp³-hybridized carbons (Fsp3) is 0.227. The van der Waals surface area contributed by atoms with Gasteiger partial charge < -0.3 is 20.6 Å². The fourth-order valence-corrected chi connectivity index (χ4v) is 3.24. The van der Waals surface area contributed by atoms with Gasteiger partial charge in [0.1, 0.15) is 17.2 Å². The zero-order valence-electron chi connectivity index (χ0n) is 17.1.